The lowest BCUT2D eigenvalue weighted by atomic mass is 10.1. The van der Waals surface area contributed by atoms with Crippen LogP contribution in [-0.2, 0) is 0 Å². The molecule has 1 amide bonds. The van der Waals surface area contributed by atoms with Crippen LogP contribution < -0.4 is 4.74 Å². The summed E-state index contributed by atoms with van der Waals surface area (Å²) in [5.41, 5.74) is 2.42. The van der Waals surface area contributed by atoms with Crippen LogP contribution in [0.5, 0.6) is 5.75 Å². The third kappa shape index (κ3) is 4.52. The minimum Gasteiger partial charge on any atom is -0.491 e. The molecule has 6 heteroatoms. The Morgan fingerprint density at radius 1 is 1.15 bits per heavy atom. The fourth-order valence-corrected chi connectivity index (χ4v) is 3.46. The Balaban J connectivity index is 1.74. The standard InChI is InChI=1S/C21H23N3O2S/c1-14(2)26-18-9-7-16(8-10-18)20-23-19(13-27-20)21(25)24(4)15(3)17-6-5-11-22-12-17/h5-15H,1-4H3. The first-order valence-corrected chi connectivity index (χ1v) is 9.73. The maximum Gasteiger partial charge on any atom is 0.273 e. The average molecular weight is 382 g/mol. The Labute approximate surface area is 163 Å². The number of carbonyl (C=O) groups excluding carboxylic acids is 1. The van der Waals surface area contributed by atoms with Gasteiger partial charge in [0.2, 0.25) is 0 Å². The lowest BCUT2D eigenvalue weighted by Crippen LogP contribution is -2.29. The normalized spacial score (nSPS) is 12.0. The summed E-state index contributed by atoms with van der Waals surface area (Å²) in [6, 6.07) is 11.5. The van der Waals surface area contributed by atoms with Crippen LogP contribution >= 0.6 is 11.3 Å². The highest BCUT2D eigenvalue weighted by atomic mass is 32.1. The number of thiazole rings is 1. The lowest BCUT2D eigenvalue weighted by Gasteiger charge is -2.24. The van der Waals surface area contributed by atoms with Crippen LogP contribution in [0.15, 0.2) is 54.2 Å². The molecule has 0 aliphatic carbocycles. The van der Waals surface area contributed by atoms with E-state index in [1.807, 2.05) is 62.5 Å². The topological polar surface area (TPSA) is 55.3 Å². The Hall–Kier alpha value is -2.73. The molecular formula is C21H23N3O2S. The molecule has 0 fully saturated rings. The number of hydrogen-bond acceptors (Lipinski definition) is 5. The summed E-state index contributed by atoms with van der Waals surface area (Å²) < 4.78 is 5.67. The van der Waals surface area contributed by atoms with Crippen molar-refractivity contribution < 1.29 is 9.53 Å². The molecule has 3 rings (SSSR count). The monoisotopic (exact) mass is 381 g/mol. The molecule has 0 bridgehead atoms. The first-order valence-electron chi connectivity index (χ1n) is 8.85. The summed E-state index contributed by atoms with van der Waals surface area (Å²) >= 11 is 1.46. The highest BCUT2D eigenvalue weighted by Gasteiger charge is 2.21. The number of pyridine rings is 1. The fourth-order valence-electron chi connectivity index (χ4n) is 2.66. The molecule has 1 atom stereocenters. The van der Waals surface area contributed by atoms with E-state index < -0.39 is 0 Å². The number of ether oxygens (including phenoxy) is 1. The van der Waals surface area contributed by atoms with Crippen molar-refractivity contribution in [3.8, 4) is 16.3 Å². The van der Waals surface area contributed by atoms with Crippen LogP contribution in [0.1, 0.15) is 42.9 Å². The Morgan fingerprint density at radius 3 is 2.52 bits per heavy atom. The molecule has 2 heterocycles. The summed E-state index contributed by atoms with van der Waals surface area (Å²) in [4.78, 5) is 23.2. The van der Waals surface area contributed by atoms with Crippen molar-refractivity contribution in [1.29, 1.82) is 0 Å². The molecule has 0 aliphatic heterocycles. The molecule has 5 nitrogen and oxygen atoms in total. The molecular weight excluding hydrogens is 358 g/mol. The number of rotatable bonds is 6. The highest BCUT2D eigenvalue weighted by molar-refractivity contribution is 7.13. The molecule has 0 saturated carbocycles. The number of hydrogen-bond donors (Lipinski definition) is 0. The SMILES string of the molecule is CC(C)Oc1ccc(-c2nc(C(=O)N(C)C(C)c3cccnc3)cs2)cc1. The first-order chi connectivity index (χ1) is 13.0. The smallest absolute Gasteiger partial charge is 0.273 e. The van der Waals surface area contributed by atoms with Crippen LogP contribution in [0.4, 0.5) is 0 Å². The van der Waals surface area contributed by atoms with Crippen LogP contribution in [0, 0.1) is 0 Å². The van der Waals surface area contributed by atoms with Gasteiger partial charge in [-0.15, -0.1) is 11.3 Å². The van der Waals surface area contributed by atoms with Gasteiger partial charge in [-0.3, -0.25) is 9.78 Å². The summed E-state index contributed by atoms with van der Waals surface area (Å²) in [6.07, 6.45) is 3.64. The number of benzene rings is 1. The summed E-state index contributed by atoms with van der Waals surface area (Å²) in [6.45, 7) is 5.97. The van der Waals surface area contributed by atoms with Crippen molar-refractivity contribution in [1.82, 2.24) is 14.9 Å². The van der Waals surface area contributed by atoms with Gasteiger partial charge in [0.25, 0.3) is 5.91 Å². The second-order valence-electron chi connectivity index (χ2n) is 6.61. The predicted molar refractivity (Wildman–Crippen MR) is 108 cm³/mol. The molecule has 1 unspecified atom stereocenters. The zero-order chi connectivity index (χ0) is 19.4. The highest BCUT2D eigenvalue weighted by Crippen LogP contribution is 2.27. The molecule has 140 valence electrons. The maximum atomic E-state index is 12.8. The van der Waals surface area contributed by atoms with Crippen LogP contribution in [0.2, 0.25) is 0 Å². The number of nitrogens with zero attached hydrogens (tertiary/aromatic N) is 3. The molecule has 1 aromatic carbocycles. The van der Waals surface area contributed by atoms with Crippen molar-refractivity contribution in [2.45, 2.75) is 32.9 Å². The van der Waals surface area contributed by atoms with E-state index in [-0.39, 0.29) is 18.1 Å². The van der Waals surface area contributed by atoms with Crippen molar-refractivity contribution in [2.75, 3.05) is 7.05 Å². The van der Waals surface area contributed by atoms with Crippen molar-refractivity contribution in [3.05, 3.63) is 65.4 Å². The van der Waals surface area contributed by atoms with E-state index in [0.29, 0.717) is 5.69 Å². The number of carbonyl (C=O) groups is 1. The van der Waals surface area contributed by atoms with Crippen molar-refractivity contribution in [3.63, 3.8) is 0 Å². The van der Waals surface area contributed by atoms with Crippen molar-refractivity contribution in [2.24, 2.45) is 0 Å². The second kappa shape index (κ2) is 8.31. The molecule has 2 aromatic heterocycles. The van der Waals surface area contributed by atoms with E-state index in [0.717, 1.165) is 21.9 Å². The predicted octanol–water partition coefficient (Wildman–Crippen LogP) is 4.83. The largest absolute Gasteiger partial charge is 0.491 e. The van der Waals surface area contributed by atoms with Gasteiger partial charge in [-0.1, -0.05) is 6.07 Å². The zero-order valence-corrected chi connectivity index (χ0v) is 16.7. The van der Waals surface area contributed by atoms with Gasteiger partial charge in [0.1, 0.15) is 16.5 Å². The Morgan fingerprint density at radius 2 is 1.89 bits per heavy atom. The summed E-state index contributed by atoms with van der Waals surface area (Å²) in [5, 5.41) is 2.62. The third-order valence-electron chi connectivity index (χ3n) is 4.26. The van der Waals surface area contributed by atoms with Gasteiger partial charge in [0, 0.05) is 30.4 Å². The fraction of sp³-hybridized carbons (Fsp3) is 0.286. The Bertz CT molecular complexity index is 891. The number of amides is 1. The van der Waals surface area contributed by atoms with Crippen LogP contribution in [0.3, 0.4) is 0 Å². The first kappa shape index (κ1) is 19.0. The van der Waals surface area contributed by atoms with Crippen molar-refractivity contribution >= 4 is 17.2 Å². The number of aromatic nitrogens is 2. The molecule has 0 aliphatic rings. The van der Waals surface area contributed by atoms with Crippen LogP contribution in [0.25, 0.3) is 10.6 Å². The van der Waals surface area contributed by atoms with Gasteiger partial charge in [0.05, 0.1) is 12.1 Å². The van der Waals surface area contributed by atoms with Gasteiger partial charge in [-0.2, -0.15) is 0 Å². The molecule has 0 N–H and O–H groups in total. The quantitative estimate of drug-likeness (QED) is 0.614. The second-order valence-corrected chi connectivity index (χ2v) is 7.47. The van der Waals surface area contributed by atoms with E-state index in [9.17, 15) is 4.79 Å². The van der Waals surface area contributed by atoms with E-state index in [1.54, 1.807) is 24.3 Å². The van der Waals surface area contributed by atoms with Crippen LogP contribution in [-0.4, -0.2) is 33.9 Å². The van der Waals surface area contributed by atoms with E-state index in [2.05, 4.69) is 9.97 Å². The summed E-state index contributed by atoms with van der Waals surface area (Å²) in [7, 11) is 1.79. The zero-order valence-electron chi connectivity index (χ0n) is 15.9. The average Bonchev–Trinajstić information content (AvgIpc) is 3.17. The van der Waals surface area contributed by atoms with E-state index in [4.69, 9.17) is 4.74 Å². The van der Waals surface area contributed by atoms with E-state index >= 15 is 0 Å². The van der Waals surface area contributed by atoms with E-state index in [1.165, 1.54) is 11.3 Å². The third-order valence-corrected chi connectivity index (χ3v) is 5.16. The molecule has 0 saturated heterocycles. The lowest BCUT2D eigenvalue weighted by molar-refractivity contribution is 0.0737. The molecule has 0 spiro atoms. The molecule has 0 radical (unpaired) electrons. The minimum atomic E-state index is -0.103. The minimum absolute atomic E-state index is 0.0798. The van der Waals surface area contributed by atoms with Gasteiger partial charge < -0.3 is 9.64 Å². The molecule has 3 aromatic rings. The van der Waals surface area contributed by atoms with Gasteiger partial charge in [0.15, 0.2) is 0 Å². The molecule has 27 heavy (non-hydrogen) atoms. The van der Waals surface area contributed by atoms with Gasteiger partial charge >= 0.3 is 0 Å². The maximum absolute atomic E-state index is 12.8. The Kier molecular flexibility index (Phi) is 5.86. The summed E-state index contributed by atoms with van der Waals surface area (Å²) in [5.74, 6) is 0.722. The van der Waals surface area contributed by atoms with Gasteiger partial charge in [-0.25, -0.2) is 4.98 Å². The van der Waals surface area contributed by atoms with Gasteiger partial charge in [-0.05, 0) is 56.7 Å².